The molecule has 2 aliphatic carbocycles. The molecule has 2 bridgehead atoms. The van der Waals surface area contributed by atoms with Gasteiger partial charge in [-0.3, -0.25) is 19.3 Å². The summed E-state index contributed by atoms with van der Waals surface area (Å²) in [7, 11) is 0. The van der Waals surface area contributed by atoms with Gasteiger partial charge in [0, 0.05) is 6.54 Å². The summed E-state index contributed by atoms with van der Waals surface area (Å²) in [4.78, 5) is 45.5. The minimum Gasteiger partial charge on any atom is -0.297 e. The molecule has 2 fully saturated rings. The molecule has 2 amide bonds. The summed E-state index contributed by atoms with van der Waals surface area (Å²) < 4.78 is 0. The molecule has 8 rings (SSSR count). The smallest absolute Gasteiger partial charge is 0.234 e. The molecule has 5 aromatic rings. The maximum atomic E-state index is 15.5. The average molecular weight is 508 g/mol. The van der Waals surface area contributed by atoms with Crippen LogP contribution in [-0.4, -0.2) is 29.0 Å². The SMILES string of the molecule is CCN1C(=O)[C@@H]2[C@H](C1=O)[C@@]1(c3ccccc3)C(=O)[C@]2(c2ccccc2)c2c1c1ccccc1c1ccccc21. The molecule has 4 nitrogen and oxygen atoms in total. The van der Waals surface area contributed by atoms with Crippen molar-refractivity contribution < 1.29 is 14.4 Å². The molecule has 5 aromatic carbocycles. The minimum atomic E-state index is -1.28. The molecular formula is C35H25NO3. The maximum Gasteiger partial charge on any atom is 0.234 e. The van der Waals surface area contributed by atoms with Gasteiger partial charge in [-0.25, -0.2) is 0 Å². The third-order valence-corrected chi connectivity index (χ3v) is 9.54. The van der Waals surface area contributed by atoms with E-state index in [2.05, 4.69) is 24.3 Å². The van der Waals surface area contributed by atoms with Crippen LogP contribution in [0.2, 0.25) is 0 Å². The molecule has 0 radical (unpaired) electrons. The molecule has 0 aromatic heterocycles. The molecule has 4 atom stereocenters. The van der Waals surface area contributed by atoms with Gasteiger partial charge in [-0.05, 0) is 50.7 Å². The predicted octanol–water partition coefficient (Wildman–Crippen LogP) is 5.78. The maximum absolute atomic E-state index is 15.5. The number of likely N-dealkylation sites (tertiary alicyclic amines) is 1. The first-order valence-electron chi connectivity index (χ1n) is 13.5. The van der Waals surface area contributed by atoms with Crippen molar-refractivity contribution in [3.8, 4) is 0 Å². The molecule has 0 spiro atoms. The van der Waals surface area contributed by atoms with Gasteiger partial charge in [0.2, 0.25) is 11.8 Å². The lowest BCUT2D eigenvalue weighted by Gasteiger charge is -2.38. The number of amides is 2. The first kappa shape index (κ1) is 22.4. The quantitative estimate of drug-likeness (QED) is 0.230. The van der Waals surface area contributed by atoms with E-state index in [4.69, 9.17) is 0 Å². The zero-order valence-corrected chi connectivity index (χ0v) is 21.4. The number of hydrogen-bond donors (Lipinski definition) is 0. The van der Waals surface area contributed by atoms with Crippen LogP contribution in [0.4, 0.5) is 0 Å². The molecular weight excluding hydrogens is 482 g/mol. The Hall–Kier alpha value is -4.57. The molecule has 1 saturated carbocycles. The Morgan fingerprint density at radius 3 is 1.28 bits per heavy atom. The topological polar surface area (TPSA) is 54.5 Å². The number of rotatable bonds is 3. The van der Waals surface area contributed by atoms with Crippen LogP contribution in [0, 0.1) is 11.8 Å². The second-order valence-corrected chi connectivity index (χ2v) is 10.9. The number of fused-ring (bicyclic) bond motifs is 13. The molecule has 3 aliphatic rings. The lowest BCUT2D eigenvalue weighted by Crippen LogP contribution is -2.44. The fraction of sp³-hybridized carbons (Fsp3) is 0.171. The van der Waals surface area contributed by atoms with E-state index in [1.165, 1.54) is 4.90 Å². The van der Waals surface area contributed by atoms with Crippen molar-refractivity contribution in [2.24, 2.45) is 11.8 Å². The summed E-state index contributed by atoms with van der Waals surface area (Å²) in [5.74, 6) is -2.17. The summed E-state index contributed by atoms with van der Waals surface area (Å²) in [6.45, 7) is 2.12. The van der Waals surface area contributed by atoms with E-state index in [1.54, 1.807) is 0 Å². The van der Waals surface area contributed by atoms with Crippen LogP contribution in [0.5, 0.6) is 0 Å². The van der Waals surface area contributed by atoms with Gasteiger partial charge < -0.3 is 0 Å². The monoisotopic (exact) mass is 507 g/mol. The largest absolute Gasteiger partial charge is 0.297 e. The second-order valence-electron chi connectivity index (χ2n) is 10.9. The van der Waals surface area contributed by atoms with Crippen LogP contribution in [0.3, 0.4) is 0 Å². The van der Waals surface area contributed by atoms with Gasteiger partial charge in [-0.1, -0.05) is 109 Å². The molecule has 39 heavy (non-hydrogen) atoms. The minimum absolute atomic E-state index is 0.0589. The molecule has 188 valence electrons. The van der Waals surface area contributed by atoms with Gasteiger partial charge in [0.15, 0.2) is 5.78 Å². The first-order valence-corrected chi connectivity index (χ1v) is 13.5. The van der Waals surface area contributed by atoms with Gasteiger partial charge in [0.25, 0.3) is 0 Å². The normalized spacial score (nSPS) is 27.0. The van der Waals surface area contributed by atoms with Crippen molar-refractivity contribution in [1.82, 2.24) is 4.90 Å². The van der Waals surface area contributed by atoms with Gasteiger partial charge in [-0.15, -0.1) is 0 Å². The van der Waals surface area contributed by atoms with Gasteiger partial charge in [-0.2, -0.15) is 0 Å². The lowest BCUT2D eigenvalue weighted by atomic mass is 9.59. The number of ketones is 1. The van der Waals surface area contributed by atoms with Gasteiger partial charge in [0.05, 0.1) is 22.7 Å². The zero-order valence-electron chi connectivity index (χ0n) is 21.4. The van der Waals surface area contributed by atoms with Gasteiger partial charge in [0.1, 0.15) is 0 Å². The second kappa shape index (κ2) is 7.51. The van der Waals surface area contributed by atoms with E-state index in [-0.39, 0.29) is 24.1 Å². The number of Topliss-reactive ketones (excluding diaryl/α,β-unsaturated/α-hetero) is 1. The highest BCUT2D eigenvalue weighted by atomic mass is 16.2. The third-order valence-electron chi connectivity index (χ3n) is 9.54. The Balaban J connectivity index is 1.68. The molecule has 1 heterocycles. The highest BCUT2D eigenvalue weighted by Gasteiger charge is 2.82. The number of imide groups is 1. The number of carbonyl (C=O) groups excluding carboxylic acids is 3. The Kier molecular flexibility index (Phi) is 4.32. The molecule has 1 aliphatic heterocycles. The van der Waals surface area contributed by atoms with Crippen LogP contribution in [0.1, 0.15) is 29.2 Å². The van der Waals surface area contributed by atoms with Crippen molar-refractivity contribution in [2.75, 3.05) is 6.54 Å². The summed E-state index contributed by atoms with van der Waals surface area (Å²) in [6.07, 6.45) is 0. The van der Waals surface area contributed by atoms with E-state index in [9.17, 15) is 9.59 Å². The Morgan fingerprint density at radius 2 is 0.897 bits per heavy atom. The lowest BCUT2D eigenvalue weighted by molar-refractivity contribution is -0.143. The number of nitrogens with zero attached hydrogens (tertiary/aromatic N) is 1. The Bertz CT molecular complexity index is 1740. The van der Waals surface area contributed by atoms with Crippen molar-refractivity contribution in [1.29, 1.82) is 0 Å². The fourth-order valence-corrected chi connectivity index (χ4v) is 8.32. The zero-order chi connectivity index (χ0) is 26.5. The number of hydrogen-bond acceptors (Lipinski definition) is 3. The molecule has 0 N–H and O–H groups in total. The highest BCUT2D eigenvalue weighted by Crippen LogP contribution is 2.72. The Labute approximate surface area is 225 Å². The van der Waals surface area contributed by atoms with Crippen LogP contribution < -0.4 is 0 Å². The Morgan fingerprint density at radius 1 is 0.538 bits per heavy atom. The van der Waals surface area contributed by atoms with Crippen molar-refractivity contribution in [3.63, 3.8) is 0 Å². The third kappa shape index (κ3) is 2.32. The highest BCUT2D eigenvalue weighted by molar-refractivity contribution is 6.29. The van der Waals surface area contributed by atoms with E-state index in [0.717, 1.165) is 43.8 Å². The summed E-state index contributed by atoms with van der Waals surface area (Å²) >= 11 is 0. The van der Waals surface area contributed by atoms with Crippen molar-refractivity contribution in [3.05, 3.63) is 131 Å². The molecule has 1 saturated heterocycles. The van der Waals surface area contributed by atoms with E-state index in [0.29, 0.717) is 0 Å². The summed E-state index contributed by atoms with van der Waals surface area (Å²) in [5.41, 5.74) is 0.769. The standard InChI is InChI=1S/C35H25NO3/c1-2-36-31(37)29-30(32(36)38)35(22-15-7-4-8-16-22)28-26-20-12-10-18-24(26)23-17-9-11-19-25(23)27(28)34(29,33(35)39)21-13-5-3-6-14-21/h3-20,29-30H,2H2,1H3/t29-,30+,34+,35-. The first-order chi connectivity index (χ1) is 19.1. The van der Waals surface area contributed by atoms with Crippen LogP contribution in [-0.2, 0) is 25.2 Å². The van der Waals surface area contributed by atoms with Crippen molar-refractivity contribution in [2.45, 2.75) is 17.8 Å². The van der Waals surface area contributed by atoms with E-state index < -0.39 is 22.7 Å². The number of carbonyl (C=O) groups is 3. The van der Waals surface area contributed by atoms with Crippen molar-refractivity contribution >= 4 is 39.1 Å². The van der Waals surface area contributed by atoms with Gasteiger partial charge >= 0.3 is 0 Å². The molecule has 4 heteroatoms. The van der Waals surface area contributed by atoms with E-state index in [1.807, 2.05) is 91.9 Å². The predicted molar refractivity (Wildman–Crippen MR) is 150 cm³/mol. The average Bonchev–Trinajstić information content (AvgIpc) is 3.50. The van der Waals surface area contributed by atoms with E-state index >= 15 is 4.79 Å². The van der Waals surface area contributed by atoms with Crippen LogP contribution in [0.15, 0.2) is 109 Å². The summed E-state index contributed by atoms with van der Waals surface area (Å²) in [6, 6.07) is 35.8. The summed E-state index contributed by atoms with van der Waals surface area (Å²) in [5, 5.41) is 4.03. The van der Waals surface area contributed by atoms with Crippen LogP contribution in [0.25, 0.3) is 21.5 Å². The van der Waals surface area contributed by atoms with Crippen LogP contribution >= 0.6 is 0 Å². The fourth-order valence-electron chi connectivity index (χ4n) is 8.32. The molecule has 0 unspecified atom stereocenters. The number of benzene rings is 5.